The normalized spacial score (nSPS) is 21.6. The van der Waals surface area contributed by atoms with Gasteiger partial charge in [0.25, 0.3) is 6.71 Å². The Morgan fingerprint density at radius 2 is 1.21 bits per heavy atom. The van der Waals surface area contributed by atoms with Crippen LogP contribution in [0.1, 0.15) is 150 Å². The fraction of sp³-hybridized carbons (Fsp3) is 0.353. The van der Waals surface area contributed by atoms with E-state index in [9.17, 15) is 0 Å². The molecule has 3 aliphatic carbocycles. The SMILES string of the molecule is C=C/C(=C\C=C(/C)C(C)(C)C)N1c2cc(-c3ccccc3)cc3c2B(c2cc4c(cc2N3c2ccc(C(C)(C)C)cc2-c2ccccc2)C(C)(C)CCC4(C)C)c2c1oc1cc3c(cc21)C1(C)CCC3(C)C1. The molecule has 4 heteroatoms. The molecule has 2 unspecified atom stereocenters. The number of allylic oxidation sites excluding steroid dienone is 4. The number of hydrogen-bond acceptors (Lipinski definition) is 3. The quantitative estimate of drug-likeness (QED) is 0.122. The summed E-state index contributed by atoms with van der Waals surface area (Å²) in [5.41, 5.74) is 24.2. The van der Waals surface area contributed by atoms with E-state index in [0.717, 1.165) is 41.3 Å². The average Bonchev–Trinajstić information content (AvgIpc) is 3.96. The van der Waals surface area contributed by atoms with Gasteiger partial charge in [0, 0.05) is 39.2 Å². The van der Waals surface area contributed by atoms with Crippen molar-refractivity contribution < 1.29 is 4.42 Å². The second kappa shape index (κ2) is 15.6. The zero-order valence-electron chi connectivity index (χ0n) is 45.3. The van der Waals surface area contributed by atoms with Crippen LogP contribution in [-0.4, -0.2) is 6.71 Å². The van der Waals surface area contributed by atoms with E-state index in [4.69, 9.17) is 4.42 Å². The molecule has 2 bridgehead atoms. The van der Waals surface area contributed by atoms with E-state index in [2.05, 4.69) is 234 Å². The third kappa shape index (κ3) is 6.97. The summed E-state index contributed by atoms with van der Waals surface area (Å²) in [5.74, 6) is 0.897. The Labute approximate surface area is 430 Å². The van der Waals surface area contributed by atoms with Gasteiger partial charge in [-0.05, 0) is 182 Å². The number of furan rings is 1. The predicted octanol–water partition coefficient (Wildman–Crippen LogP) is 16.9. The lowest BCUT2D eigenvalue weighted by Gasteiger charge is -2.47. The van der Waals surface area contributed by atoms with E-state index in [1.54, 1.807) is 0 Å². The highest BCUT2D eigenvalue weighted by Crippen LogP contribution is 2.61. The van der Waals surface area contributed by atoms with Crippen molar-refractivity contribution >= 4 is 62.7 Å². The Hall–Kier alpha value is -6.26. The lowest BCUT2D eigenvalue weighted by molar-refractivity contribution is 0.332. The van der Waals surface area contributed by atoms with E-state index in [1.807, 2.05) is 6.08 Å². The van der Waals surface area contributed by atoms with Crippen LogP contribution in [-0.2, 0) is 27.1 Å². The molecule has 0 amide bonds. The molecule has 3 nitrogen and oxygen atoms in total. The summed E-state index contributed by atoms with van der Waals surface area (Å²) < 4.78 is 7.61. The van der Waals surface area contributed by atoms with Gasteiger partial charge < -0.3 is 9.32 Å². The molecule has 7 aromatic rings. The van der Waals surface area contributed by atoms with E-state index in [-0.39, 0.29) is 39.2 Å². The Bertz CT molecular complexity index is 3480. The molecular weight excluding hydrogens is 872 g/mol. The van der Waals surface area contributed by atoms with E-state index >= 15 is 0 Å². The van der Waals surface area contributed by atoms with Crippen molar-refractivity contribution in [3.8, 4) is 22.3 Å². The van der Waals surface area contributed by atoms with Gasteiger partial charge in [0.05, 0.1) is 5.69 Å². The van der Waals surface area contributed by atoms with Gasteiger partial charge in [-0.3, -0.25) is 4.90 Å². The monoisotopic (exact) mass is 945 g/mol. The van der Waals surface area contributed by atoms with Gasteiger partial charge >= 0.3 is 0 Å². The fourth-order valence-electron chi connectivity index (χ4n) is 13.7. The molecule has 0 saturated heterocycles. The average molecular weight is 945 g/mol. The summed E-state index contributed by atoms with van der Waals surface area (Å²) in [4.78, 5) is 5.11. The van der Waals surface area contributed by atoms with Crippen LogP contribution >= 0.6 is 0 Å². The molecule has 0 radical (unpaired) electrons. The van der Waals surface area contributed by atoms with Crippen molar-refractivity contribution in [2.24, 2.45) is 5.41 Å². The molecule has 0 spiro atoms. The number of nitrogens with zero attached hydrogens (tertiary/aromatic N) is 2. The van der Waals surface area contributed by atoms with Crippen LogP contribution in [0.2, 0.25) is 0 Å². The largest absolute Gasteiger partial charge is 0.440 e. The van der Waals surface area contributed by atoms with Gasteiger partial charge in [0.15, 0.2) is 0 Å². The first kappa shape index (κ1) is 46.8. The smallest absolute Gasteiger partial charge is 0.257 e. The van der Waals surface area contributed by atoms with Gasteiger partial charge in [-0.2, -0.15) is 0 Å². The van der Waals surface area contributed by atoms with Gasteiger partial charge in [-0.25, -0.2) is 0 Å². The van der Waals surface area contributed by atoms with Gasteiger partial charge in [0.1, 0.15) is 5.58 Å². The molecule has 6 aromatic carbocycles. The molecule has 3 heterocycles. The molecule has 1 aromatic heterocycles. The van der Waals surface area contributed by atoms with Crippen molar-refractivity contribution in [3.63, 3.8) is 0 Å². The summed E-state index contributed by atoms with van der Waals surface area (Å²) in [6.07, 6.45) is 12.5. The first-order valence-electron chi connectivity index (χ1n) is 26.9. The number of rotatable bonds is 6. The molecule has 1 saturated carbocycles. The maximum absolute atomic E-state index is 7.61. The van der Waals surface area contributed by atoms with Crippen LogP contribution in [0.15, 0.2) is 156 Å². The van der Waals surface area contributed by atoms with Crippen LogP contribution in [0.25, 0.3) is 33.2 Å². The zero-order valence-corrected chi connectivity index (χ0v) is 45.3. The minimum absolute atomic E-state index is 0.00334. The van der Waals surface area contributed by atoms with Crippen molar-refractivity contribution in [2.45, 2.75) is 149 Å². The Morgan fingerprint density at radius 1 is 0.597 bits per heavy atom. The summed E-state index contributed by atoms with van der Waals surface area (Å²) in [5, 5.41) is 1.24. The van der Waals surface area contributed by atoms with E-state index in [1.165, 1.54) is 108 Å². The van der Waals surface area contributed by atoms with Gasteiger partial charge in [0.2, 0.25) is 5.88 Å². The van der Waals surface area contributed by atoms with Crippen LogP contribution < -0.4 is 26.2 Å². The van der Waals surface area contributed by atoms with Crippen LogP contribution in [0, 0.1) is 5.41 Å². The summed E-state index contributed by atoms with van der Waals surface area (Å²) >= 11 is 0. The predicted molar refractivity (Wildman–Crippen MR) is 309 cm³/mol. The van der Waals surface area contributed by atoms with E-state index in [0.29, 0.717) is 0 Å². The minimum Gasteiger partial charge on any atom is -0.440 e. The highest BCUT2D eigenvalue weighted by Gasteiger charge is 2.55. The summed E-state index contributed by atoms with van der Waals surface area (Å²) in [7, 11) is 0. The molecule has 2 aliphatic heterocycles. The molecule has 72 heavy (non-hydrogen) atoms. The highest BCUT2D eigenvalue weighted by atomic mass is 16.4. The first-order valence-corrected chi connectivity index (χ1v) is 26.9. The topological polar surface area (TPSA) is 19.6 Å². The molecule has 1 fully saturated rings. The van der Waals surface area contributed by atoms with Crippen molar-refractivity contribution in [3.05, 3.63) is 179 Å². The van der Waals surface area contributed by atoms with Crippen molar-refractivity contribution in [1.29, 1.82) is 0 Å². The fourth-order valence-corrected chi connectivity index (χ4v) is 13.7. The maximum Gasteiger partial charge on any atom is 0.257 e. The number of benzene rings is 6. The summed E-state index contributed by atoms with van der Waals surface area (Å²) in [6, 6.07) is 44.7. The lowest BCUT2D eigenvalue weighted by Crippen LogP contribution is -2.62. The number of hydrogen-bond donors (Lipinski definition) is 0. The third-order valence-electron chi connectivity index (χ3n) is 18.6. The van der Waals surface area contributed by atoms with Gasteiger partial charge in [-0.15, -0.1) is 0 Å². The molecule has 0 N–H and O–H groups in total. The molecule has 12 rings (SSSR count). The molecule has 5 aliphatic rings. The molecule has 364 valence electrons. The first-order chi connectivity index (χ1) is 34.0. The van der Waals surface area contributed by atoms with Crippen LogP contribution in [0.3, 0.4) is 0 Å². The second-order valence-corrected chi connectivity index (χ2v) is 26.4. The van der Waals surface area contributed by atoms with Crippen molar-refractivity contribution in [1.82, 2.24) is 0 Å². The zero-order chi connectivity index (χ0) is 50.7. The maximum atomic E-state index is 7.61. The molecule has 2 atom stereocenters. The Morgan fingerprint density at radius 3 is 1.83 bits per heavy atom. The Kier molecular flexibility index (Phi) is 10.2. The third-order valence-corrected chi connectivity index (χ3v) is 18.6. The number of fused-ring (bicyclic) bond motifs is 12. The number of anilines is 5. The van der Waals surface area contributed by atoms with Crippen LogP contribution in [0.5, 0.6) is 0 Å². The standard InChI is InChI=1S/C68H73BN2O/c1-15-47(28-26-42(2)63(3,4)5)70-57-34-45(43-22-18-16-19-23-43)35-58-61(57)69(60-49-37-52-53(40-59(49)72-62(60)70)68(14)33-32-67(52,13)41-68)54-38-50-51(66(11,12)31-30-65(50,9)10)39-56(54)71(58)55-29-27-46(64(6,7)8)36-48(55)44-24-20-17-21-25-44/h15-29,34-40H,1,30-33,41H2,2-14H3/b42-26+,47-28+. The second-order valence-electron chi connectivity index (χ2n) is 26.4. The van der Waals surface area contributed by atoms with E-state index < -0.39 is 0 Å². The summed E-state index contributed by atoms with van der Waals surface area (Å²) in [6.45, 7) is 35.5. The van der Waals surface area contributed by atoms with Crippen LogP contribution in [0.4, 0.5) is 28.6 Å². The molecular formula is C68H73BN2O. The minimum atomic E-state index is -0.114. The highest BCUT2D eigenvalue weighted by molar-refractivity contribution is 7.01. The van der Waals surface area contributed by atoms with Gasteiger partial charge in [-0.1, -0.05) is 174 Å². The Balaban J connectivity index is 1.26. The lowest BCUT2D eigenvalue weighted by atomic mass is 9.33. The van der Waals surface area contributed by atoms with Crippen molar-refractivity contribution in [2.75, 3.05) is 9.80 Å².